The highest BCUT2D eigenvalue weighted by Crippen LogP contribution is 2.31. The van der Waals surface area contributed by atoms with E-state index in [9.17, 15) is 14.4 Å². The minimum Gasteiger partial charge on any atom is -0.496 e. The largest absolute Gasteiger partial charge is 0.496 e. The van der Waals surface area contributed by atoms with Crippen molar-refractivity contribution in [3.05, 3.63) is 96.1 Å². The Morgan fingerprint density at radius 2 is 1.43 bits per heavy atom. The topological polar surface area (TPSA) is 88.1 Å². The van der Waals surface area contributed by atoms with Crippen LogP contribution in [0.3, 0.4) is 0 Å². The van der Waals surface area contributed by atoms with Crippen LogP contribution in [0.5, 0.6) is 17.2 Å². The summed E-state index contributed by atoms with van der Waals surface area (Å²) in [6.45, 7) is 5.91. The first-order chi connectivity index (χ1) is 20.4. The van der Waals surface area contributed by atoms with Gasteiger partial charge in [0.2, 0.25) is 0 Å². The smallest absolute Gasteiger partial charge is 0.343 e. The summed E-state index contributed by atoms with van der Waals surface area (Å²) in [5.74, 6) is 0.699. The molecule has 3 rings (SSSR count). The highest BCUT2D eigenvalue weighted by molar-refractivity contribution is 7.99. The normalized spacial score (nSPS) is 10.5. The van der Waals surface area contributed by atoms with E-state index < -0.39 is 17.9 Å². The summed E-state index contributed by atoms with van der Waals surface area (Å²) in [6.07, 6.45) is 8.58. The number of aryl methyl sites for hydroxylation is 1. The van der Waals surface area contributed by atoms with E-state index in [0.717, 1.165) is 42.4 Å². The van der Waals surface area contributed by atoms with Crippen molar-refractivity contribution in [2.45, 2.75) is 56.8 Å². The van der Waals surface area contributed by atoms with Crippen LogP contribution in [0.4, 0.5) is 0 Å². The number of unbranched alkanes of at least 4 members (excludes halogenated alkanes) is 4. The van der Waals surface area contributed by atoms with E-state index >= 15 is 0 Å². The summed E-state index contributed by atoms with van der Waals surface area (Å²) >= 11 is 1.59. The number of carbonyl (C=O) groups is 3. The van der Waals surface area contributed by atoms with Crippen LogP contribution < -0.4 is 14.2 Å². The number of esters is 3. The lowest BCUT2D eigenvalue weighted by Crippen LogP contribution is -2.10. The van der Waals surface area contributed by atoms with Crippen molar-refractivity contribution in [1.82, 2.24) is 0 Å². The summed E-state index contributed by atoms with van der Waals surface area (Å²) in [7, 11) is 1.55. The van der Waals surface area contributed by atoms with Crippen LogP contribution >= 0.6 is 11.8 Å². The molecule has 0 atom stereocenters. The number of rotatable bonds is 17. The van der Waals surface area contributed by atoms with Gasteiger partial charge in [0.1, 0.15) is 17.2 Å². The molecule has 0 saturated heterocycles. The van der Waals surface area contributed by atoms with Gasteiger partial charge in [0, 0.05) is 11.0 Å². The van der Waals surface area contributed by atoms with Gasteiger partial charge in [-0.15, -0.1) is 11.8 Å². The maximum absolute atomic E-state index is 12.8. The Balaban J connectivity index is 1.48. The van der Waals surface area contributed by atoms with Crippen molar-refractivity contribution in [2.24, 2.45) is 0 Å². The monoisotopic (exact) mass is 590 g/mol. The van der Waals surface area contributed by atoms with Gasteiger partial charge in [-0.25, -0.2) is 14.4 Å². The molecule has 0 radical (unpaired) electrons. The molecule has 0 N–H and O–H groups in total. The number of thioether (sulfide) groups is 1. The molecule has 0 unspecified atom stereocenters. The van der Waals surface area contributed by atoms with E-state index in [4.69, 9.17) is 18.9 Å². The SMILES string of the molecule is C=CC(=O)OCCCCSc1ccc(C(=O)Oc2ccc(C(=O)Oc3ccc(CCCCCC)cc3)cc2)cc1OC. The lowest BCUT2D eigenvalue weighted by Gasteiger charge is -2.11. The highest BCUT2D eigenvalue weighted by atomic mass is 32.2. The fraction of sp³-hybridized carbons (Fsp3) is 0.324. The zero-order chi connectivity index (χ0) is 30.2. The maximum Gasteiger partial charge on any atom is 0.343 e. The first kappa shape index (κ1) is 32.5. The Bertz CT molecular complexity index is 1320. The quantitative estimate of drug-likeness (QED) is 0.0516. The molecule has 42 heavy (non-hydrogen) atoms. The van der Waals surface area contributed by atoms with Crippen LogP contribution in [0.15, 0.2) is 84.3 Å². The minimum absolute atomic E-state index is 0.304. The molecule has 0 aromatic heterocycles. The number of ether oxygens (including phenoxy) is 4. The van der Waals surface area contributed by atoms with Gasteiger partial charge in [-0.2, -0.15) is 0 Å². The summed E-state index contributed by atoms with van der Waals surface area (Å²) in [6, 6.07) is 19.0. The summed E-state index contributed by atoms with van der Waals surface area (Å²) in [5.41, 5.74) is 1.91. The fourth-order valence-corrected chi connectivity index (χ4v) is 5.02. The molecule has 0 aliphatic heterocycles. The van der Waals surface area contributed by atoms with Crippen molar-refractivity contribution in [2.75, 3.05) is 19.5 Å². The van der Waals surface area contributed by atoms with E-state index in [1.807, 2.05) is 30.3 Å². The van der Waals surface area contributed by atoms with Gasteiger partial charge in [-0.1, -0.05) is 44.9 Å². The summed E-state index contributed by atoms with van der Waals surface area (Å²) < 4.78 is 21.5. The predicted octanol–water partition coefficient (Wildman–Crippen LogP) is 7.86. The van der Waals surface area contributed by atoms with E-state index in [-0.39, 0.29) is 0 Å². The Morgan fingerprint density at radius 3 is 2.07 bits per heavy atom. The molecule has 222 valence electrons. The highest BCUT2D eigenvalue weighted by Gasteiger charge is 2.14. The van der Waals surface area contributed by atoms with Gasteiger partial charge in [0.15, 0.2) is 0 Å². The molecule has 0 bridgehead atoms. The van der Waals surface area contributed by atoms with Crippen molar-refractivity contribution in [1.29, 1.82) is 0 Å². The van der Waals surface area contributed by atoms with Crippen molar-refractivity contribution in [3.8, 4) is 17.2 Å². The number of methoxy groups -OCH3 is 1. The molecular weight excluding hydrogens is 552 g/mol. The van der Waals surface area contributed by atoms with E-state index in [1.165, 1.54) is 24.8 Å². The molecule has 0 aliphatic carbocycles. The molecule has 0 heterocycles. The van der Waals surface area contributed by atoms with Crippen LogP contribution in [0, 0.1) is 0 Å². The van der Waals surface area contributed by atoms with E-state index in [2.05, 4.69) is 13.5 Å². The Morgan fingerprint density at radius 1 is 0.786 bits per heavy atom. The molecule has 0 fully saturated rings. The second-order valence-corrected chi connectivity index (χ2v) is 10.7. The zero-order valence-corrected chi connectivity index (χ0v) is 25.1. The molecule has 7 nitrogen and oxygen atoms in total. The molecule has 0 saturated carbocycles. The lowest BCUT2D eigenvalue weighted by molar-refractivity contribution is -0.137. The zero-order valence-electron chi connectivity index (χ0n) is 24.3. The number of carbonyl (C=O) groups excluding carboxylic acids is 3. The first-order valence-electron chi connectivity index (χ1n) is 14.2. The second kappa shape index (κ2) is 17.7. The van der Waals surface area contributed by atoms with Crippen LogP contribution in [-0.2, 0) is 16.0 Å². The average Bonchev–Trinajstić information content (AvgIpc) is 3.01. The van der Waals surface area contributed by atoms with Gasteiger partial charge in [-0.3, -0.25) is 0 Å². The van der Waals surface area contributed by atoms with Crippen LogP contribution in [0.1, 0.15) is 71.7 Å². The lowest BCUT2D eigenvalue weighted by atomic mass is 10.1. The van der Waals surface area contributed by atoms with Crippen molar-refractivity contribution >= 4 is 29.7 Å². The average molecular weight is 591 g/mol. The van der Waals surface area contributed by atoms with Gasteiger partial charge in [0.05, 0.1) is 24.8 Å². The van der Waals surface area contributed by atoms with Gasteiger partial charge in [-0.05, 0) is 91.6 Å². The summed E-state index contributed by atoms with van der Waals surface area (Å²) in [4.78, 5) is 37.3. The third kappa shape index (κ3) is 10.7. The fourth-order valence-electron chi connectivity index (χ4n) is 4.00. The second-order valence-electron chi connectivity index (χ2n) is 9.55. The molecule has 8 heteroatoms. The molecule has 0 amide bonds. The third-order valence-electron chi connectivity index (χ3n) is 6.36. The van der Waals surface area contributed by atoms with Crippen LogP contribution in [0.25, 0.3) is 0 Å². The Hall–Kier alpha value is -4.04. The molecule has 3 aromatic carbocycles. The van der Waals surface area contributed by atoms with Crippen LogP contribution in [-0.4, -0.2) is 37.4 Å². The Kier molecular flexibility index (Phi) is 13.7. The van der Waals surface area contributed by atoms with Gasteiger partial charge >= 0.3 is 17.9 Å². The van der Waals surface area contributed by atoms with E-state index in [0.29, 0.717) is 35.0 Å². The first-order valence-corrected chi connectivity index (χ1v) is 15.2. The van der Waals surface area contributed by atoms with Crippen molar-refractivity contribution < 1.29 is 33.3 Å². The number of benzene rings is 3. The maximum atomic E-state index is 12.8. The molecule has 0 aliphatic rings. The number of hydrogen-bond acceptors (Lipinski definition) is 8. The van der Waals surface area contributed by atoms with Crippen LogP contribution in [0.2, 0.25) is 0 Å². The number of hydrogen-bond donors (Lipinski definition) is 0. The molecule has 3 aromatic rings. The van der Waals surface area contributed by atoms with Gasteiger partial charge in [0.25, 0.3) is 0 Å². The standard InChI is InChI=1S/C34H38O7S/c1-4-6-7-8-11-25-12-17-28(18-13-25)40-33(36)26-14-19-29(20-15-26)41-34(37)27-16-21-31(30(24-27)38-3)42-23-10-9-22-39-32(35)5-2/h5,12-21,24H,2,4,6-11,22-23H2,1,3H3. The van der Waals surface area contributed by atoms with E-state index in [1.54, 1.807) is 55.3 Å². The third-order valence-corrected chi connectivity index (χ3v) is 7.50. The summed E-state index contributed by atoms with van der Waals surface area (Å²) in [5, 5.41) is 0. The Labute approximate surface area is 252 Å². The van der Waals surface area contributed by atoms with Gasteiger partial charge < -0.3 is 18.9 Å². The predicted molar refractivity (Wildman–Crippen MR) is 165 cm³/mol. The molecular formula is C34H38O7S. The van der Waals surface area contributed by atoms with Crippen molar-refractivity contribution in [3.63, 3.8) is 0 Å². The molecule has 0 spiro atoms. The minimum atomic E-state index is -0.543.